The molecule has 0 saturated carbocycles. The lowest BCUT2D eigenvalue weighted by Gasteiger charge is -2.09. The Morgan fingerprint density at radius 3 is 2.48 bits per heavy atom. The predicted octanol–water partition coefficient (Wildman–Crippen LogP) is 4.37. The van der Waals surface area contributed by atoms with Gasteiger partial charge in [0.05, 0.1) is 22.8 Å². The standard InChI is InChI=1S/C20H17ClN4O2/c1-11(2)27-20(26)16-17-19(24-15-9-4-3-8-14(15)23-17)25(18(16)22)13-7-5-6-12(21)10-13/h3-11H,22H2,1-2H3. The van der Waals surface area contributed by atoms with Crippen LogP contribution in [0.5, 0.6) is 0 Å². The van der Waals surface area contributed by atoms with Crippen LogP contribution in [0.15, 0.2) is 48.5 Å². The molecule has 4 rings (SSSR count). The van der Waals surface area contributed by atoms with E-state index in [2.05, 4.69) is 4.98 Å². The Balaban J connectivity index is 2.08. The third-order valence-electron chi connectivity index (χ3n) is 4.11. The van der Waals surface area contributed by atoms with Crippen molar-refractivity contribution in [1.29, 1.82) is 0 Å². The number of benzene rings is 2. The van der Waals surface area contributed by atoms with Crippen LogP contribution in [-0.4, -0.2) is 26.6 Å². The third-order valence-corrected chi connectivity index (χ3v) is 4.35. The molecule has 0 aliphatic heterocycles. The fourth-order valence-electron chi connectivity index (χ4n) is 3.01. The van der Waals surface area contributed by atoms with Gasteiger partial charge in [-0.3, -0.25) is 4.57 Å². The fourth-order valence-corrected chi connectivity index (χ4v) is 3.20. The molecule has 0 atom stereocenters. The predicted molar refractivity (Wildman–Crippen MR) is 106 cm³/mol. The molecule has 0 bridgehead atoms. The number of para-hydroxylation sites is 2. The number of hydrogen-bond acceptors (Lipinski definition) is 5. The maximum atomic E-state index is 12.7. The van der Waals surface area contributed by atoms with Gasteiger partial charge in [-0.05, 0) is 44.2 Å². The van der Waals surface area contributed by atoms with E-state index in [9.17, 15) is 4.79 Å². The number of rotatable bonds is 3. The van der Waals surface area contributed by atoms with E-state index in [1.807, 2.05) is 36.4 Å². The van der Waals surface area contributed by atoms with Crippen molar-refractivity contribution in [2.75, 3.05) is 5.73 Å². The molecule has 2 heterocycles. The molecule has 4 aromatic rings. The molecular weight excluding hydrogens is 364 g/mol. The van der Waals surface area contributed by atoms with E-state index in [0.29, 0.717) is 32.9 Å². The molecule has 7 heteroatoms. The zero-order chi connectivity index (χ0) is 19.1. The number of carbonyl (C=O) groups is 1. The summed E-state index contributed by atoms with van der Waals surface area (Å²) in [5.41, 5.74) is 9.53. The van der Waals surface area contributed by atoms with Gasteiger partial charge in [0.2, 0.25) is 0 Å². The van der Waals surface area contributed by atoms with E-state index in [0.717, 1.165) is 0 Å². The monoisotopic (exact) mass is 380 g/mol. The van der Waals surface area contributed by atoms with E-state index < -0.39 is 5.97 Å². The zero-order valence-corrected chi connectivity index (χ0v) is 15.6. The molecule has 6 nitrogen and oxygen atoms in total. The van der Waals surface area contributed by atoms with Gasteiger partial charge in [0, 0.05) is 5.02 Å². The van der Waals surface area contributed by atoms with Crippen molar-refractivity contribution in [2.45, 2.75) is 20.0 Å². The number of anilines is 1. The third kappa shape index (κ3) is 2.98. The Morgan fingerprint density at radius 1 is 1.11 bits per heavy atom. The second kappa shape index (κ2) is 6.55. The molecule has 0 aliphatic rings. The Labute approximate surface area is 160 Å². The SMILES string of the molecule is CC(C)OC(=O)c1c(N)n(-c2cccc(Cl)c2)c2nc3ccccc3nc12. The second-order valence-electron chi connectivity index (χ2n) is 6.41. The summed E-state index contributed by atoms with van der Waals surface area (Å²) in [5, 5.41) is 0.550. The quantitative estimate of drug-likeness (QED) is 0.533. The summed E-state index contributed by atoms with van der Waals surface area (Å²) in [6.45, 7) is 3.57. The topological polar surface area (TPSA) is 83.0 Å². The molecule has 0 fully saturated rings. The van der Waals surface area contributed by atoms with Crippen molar-refractivity contribution in [1.82, 2.24) is 14.5 Å². The van der Waals surface area contributed by atoms with Crippen LogP contribution in [0.25, 0.3) is 27.9 Å². The lowest BCUT2D eigenvalue weighted by Crippen LogP contribution is -2.13. The number of ether oxygens (including phenoxy) is 1. The Bertz CT molecular complexity index is 1180. The van der Waals surface area contributed by atoms with Gasteiger partial charge in [-0.1, -0.05) is 29.8 Å². The minimum Gasteiger partial charge on any atom is -0.459 e. The summed E-state index contributed by atoms with van der Waals surface area (Å²) in [6, 6.07) is 14.6. The van der Waals surface area contributed by atoms with Crippen LogP contribution in [0, 0.1) is 0 Å². The lowest BCUT2D eigenvalue weighted by molar-refractivity contribution is 0.0381. The summed E-state index contributed by atoms with van der Waals surface area (Å²) >= 11 is 6.15. The molecule has 0 saturated heterocycles. The van der Waals surface area contributed by atoms with Crippen LogP contribution >= 0.6 is 11.6 Å². The van der Waals surface area contributed by atoms with Crippen LogP contribution < -0.4 is 5.73 Å². The molecular formula is C20H17ClN4O2. The van der Waals surface area contributed by atoms with Gasteiger partial charge in [0.15, 0.2) is 5.65 Å². The number of hydrogen-bond donors (Lipinski definition) is 1. The highest BCUT2D eigenvalue weighted by Gasteiger charge is 2.26. The van der Waals surface area contributed by atoms with Crippen molar-refractivity contribution >= 4 is 45.6 Å². The number of aromatic nitrogens is 3. The van der Waals surface area contributed by atoms with E-state index in [1.165, 1.54) is 0 Å². The summed E-state index contributed by atoms with van der Waals surface area (Å²) < 4.78 is 7.06. The summed E-state index contributed by atoms with van der Waals surface area (Å²) in [4.78, 5) is 22.1. The molecule has 0 radical (unpaired) electrons. The molecule has 0 spiro atoms. The average Bonchev–Trinajstić information content (AvgIpc) is 2.90. The Morgan fingerprint density at radius 2 is 1.81 bits per heavy atom. The Hall–Kier alpha value is -3.12. The number of halogens is 1. The van der Waals surface area contributed by atoms with Crippen LogP contribution in [0.1, 0.15) is 24.2 Å². The normalized spacial score (nSPS) is 11.4. The fraction of sp³-hybridized carbons (Fsp3) is 0.150. The van der Waals surface area contributed by atoms with Gasteiger partial charge >= 0.3 is 5.97 Å². The van der Waals surface area contributed by atoms with Crippen molar-refractivity contribution in [3.05, 3.63) is 59.1 Å². The van der Waals surface area contributed by atoms with Crippen LogP contribution in [0.4, 0.5) is 5.82 Å². The number of carbonyl (C=O) groups excluding carboxylic acids is 1. The molecule has 0 amide bonds. The summed E-state index contributed by atoms with van der Waals surface area (Å²) in [6.07, 6.45) is -0.283. The molecule has 2 aromatic heterocycles. The van der Waals surface area contributed by atoms with Crippen LogP contribution in [0.2, 0.25) is 5.02 Å². The van der Waals surface area contributed by atoms with Crippen molar-refractivity contribution in [2.24, 2.45) is 0 Å². The average molecular weight is 381 g/mol. The summed E-state index contributed by atoms with van der Waals surface area (Å²) in [7, 11) is 0. The minimum atomic E-state index is -0.530. The van der Waals surface area contributed by atoms with Gasteiger partial charge in [-0.15, -0.1) is 0 Å². The highest BCUT2D eigenvalue weighted by Crippen LogP contribution is 2.32. The van der Waals surface area contributed by atoms with E-state index in [-0.39, 0.29) is 17.5 Å². The second-order valence-corrected chi connectivity index (χ2v) is 6.85. The largest absolute Gasteiger partial charge is 0.459 e. The zero-order valence-electron chi connectivity index (χ0n) is 14.8. The first kappa shape index (κ1) is 17.3. The van der Waals surface area contributed by atoms with Crippen molar-refractivity contribution in [3.8, 4) is 5.69 Å². The molecule has 2 aromatic carbocycles. The molecule has 0 aliphatic carbocycles. The van der Waals surface area contributed by atoms with Gasteiger partial charge in [-0.2, -0.15) is 0 Å². The van der Waals surface area contributed by atoms with Crippen LogP contribution in [-0.2, 0) is 4.74 Å². The maximum absolute atomic E-state index is 12.7. The van der Waals surface area contributed by atoms with E-state index in [4.69, 9.17) is 27.1 Å². The first-order valence-corrected chi connectivity index (χ1v) is 8.87. The van der Waals surface area contributed by atoms with Crippen molar-refractivity contribution < 1.29 is 9.53 Å². The number of nitrogen functional groups attached to an aromatic ring is 1. The first-order valence-electron chi connectivity index (χ1n) is 8.49. The van der Waals surface area contributed by atoms with Gasteiger partial charge < -0.3 is 10.5 Å². The molecule has 2 N–H and O–H groups in total. The minimum absolute atomic E-state index is 0.205. The number of nitrogens with two attached hydrogens (primary N) is 1. The highest BCUT2D eigenvalue weighted by atomic mass is 35.5. The number of fused-ring (bicyclic) bond motifs is 2. The number of esters is 1. The first-order chi connectivity index (χ1) is 13.0. The lowest BCUT2D eigenvalue weighted by atomic mass is 10.2. The number of nitrogens with zero attached hydrogens (tertiary/aromatic N) is 3. The van der Waals surface area contributed by atoms with Crippen LogP contribution in [0.3, 0.4) is 0 Å². The molecule has 27 heavy (non-hydrogen) atoms. The van der Waals surface area contributed by atoms with Gasteiger partial charge in [0.1, 0.15) is 16.9 Å². The highest BCUT2D eigenvalue weighted by molar-refractivity contribution is 6.30. The van der Waals surface area contributed by atoms with E-state index in [1.54, 1.807) is 30.5 Å². The van der Waals surface area contributed by atoms with Gasteiger partial charge in [-0.25, -0.2) is 14.8 Å². The smallest absolute Gasteiger partial charge is 0.344 e. The van der Waals surface area contributed by atoms with Crippen molar-refractivity contribution in [3.63, 3.8) is 0 Å². The van der Waals surface area contributed by atoms with Gasteiger partial charge in [0.25, 0.3) is 0 Å². The Kier molecular flexibility index (Phi) is 4.20. The maximum Gasteiger partial charge on any atom is 0.344 e. The molecule has 136 valence electrons. The molecule has 0 unspecified atom stereocenters. The van der Waals surface area contributed by atoms with E-state index >= 15 is 0 Å². The summed E-state index contributed by atoms with van der Waals surface area (Å²) in [5.74, 6) is -0.314.